The molecule has 1 saturated carbocycles. The van der Waals surface area contributed by atoms with E-state index in [2.05, 4.69) is 5.10 Å². The van der Waals surface area contributed by atoms with Gasteiger partial charge >= 0.3 is 6.18 Å². The smallest absolute Gasteiger partial charge is 0.369 e. The maximum Gasteiger partial charge on any atom is 0.417 e. The first kappa shape index (κ1) is 19.6. The number of carbonyl (C=O) groups is 2. The van der Waals surface area contributed by atoms with E-state index in [9.17, 15) is 22.8 Å². The highest BCUT2D eigenvalue weighted by atomic mass is 19.4. The predicted octanol–water partition coefficient (Wildman–Crippen LogP) is 3.26. The Morgan fingerprint density at radius 2 is 1.93 bits per heavy atom. The molecule has 29 heavy (non-hydrogen) atoms. The van der Waals surface area contributed by atoms with E-state index >= 15 is 0 Å². The second-order valence-electron chi connectivity index (χ2n) is 7.59. The molecule has 0 spiro atoms. The summed E-state index contributed by atoms with van der Waals surface area (Å²) in [6.45, 7) is 0.908. The van der Waals surface area contributed by atoms with Crippen LogP contribution in [0.4, 0.5) is 18.9 Å². The van der Waals surface area contributed by atoms with Gasteiger partial charge in [0, 0.05) is 19.3 Å². The Kier molecular flexibility index (Phi) is 4.72. The lowest BCUT2D eigenvalue weighted by molar-refractivity contribution is -0.308. The third-order valence-corrected chi connectivity index (χ3v) is 5.89. The van der Waals surface area contributed by atoms with Crippen molar-refractivity contribution >= 4 is 17.9 Å². The first-order valence-corrected chi connectivity index (χ1v) is 9.31. The first-order valence-electron chi connectivity index (χ1n) is 9.31. The highest BCUT2D eigenvalue weighted by Gasteiger charge is 2.62. The molecule has 4 rings (SSSR count). The Bertz CT molecular complexity index is 931. The molecule has 0 radical (unpaired) electrons. The van der Waals surface area contributed by atoms with E-state index in [-0.39, 0.29) is 35.9 Å². The minimum Gasteiger partial charge on any atom is -0.369 e. The van der Waals surface area contributed by atoms with Crippen molar-refractivity contribution in [2.45, 2.75) is 37.6 Å². The summed E-state index contributed by atoms with van der Waals surface area (Å²) in [5.74, 6) is -0.388. The fourth-order valence-corrected chi connectivity index (χ4v) is 4.24. The van der Waals surface area contributed by atoms with Crippen molar-refractivity contribution in [3.05, 3.63) is 47.3 Å². The molecule has 2 aromatic rings. The van der Waals surface area contributed by atoms with Gasteiger partial charge in [-0.05, 0) is 42.9 Å². The molecule has 154 valence electrons. The summed E-state index contributed by atoms with van der Waals surface area (Å²) in [5, 5.41) is 4.05. The van der Waals surface area contributed by atoms with Crippen LogP contribution in [0.25, 0.3) is 0 Å². The van der Waals surface area contributed by atoms with Crippen LogP contribution in [-0.4, -0.2) is 47.4 Å². The van der Waals surface area contributed by atoms with Crippen molar-refractivity contribution in [2.24, 2.45) is 5.92 Å². The van der Waals surface area contributed by atoms with Crippen LogP contribution < -0.4 is 4.90 Å². The number of aromatic nitrogens is 2. The van der Waals surface area contributed by atoms with Crippen LogP contribution >= 0.6 is 0 Å². The van der Waals surface area contributed by atoms with E-state index in [0.29, 0.717) is 31.5 Å². The number of rotatable bonds is 5. The van der Waals surface area contributed by atoms with Gasteiger partial charge in [0.2, 0.25) is 0 Å². The van der Waals surface area contributed by atoms with Gasteiger partial charge in [-0.1, -0.05) is 12.1 Å². The predicted molar refractivity (Wildman–Crippen MR) is 98.0 cm³/mol. The number of amides is 1. The fourth-order valence-electron chi connectivity index (χ4n) is 4.24. The molecular weight excluding hydrogens is 387 g/mol. The van der Waals surface area contributed by atoms with Crippen molar-refractivity contribution in [2.75, 3.05) is 18.6 Å². The zero-order chi connectivity index (χ0) is 20.8. The van der Waals surface area contributed by atoms with Crippen LogP contribution in [0, 0.1) is 5.92 Å². The number of methoxy groups -OCH3 is 1. The molecule has 0 atom stereocenters. The molecule has 2 aliphatic rings. The summed E-state index contributed by atoms with van der Waals surface area (Å²) in [4.78, 5) is 25.5. The van der Waals surface area contributed by atoms with E-state index in [1.165, 1.54) is 10.9 Å². The summed E-state index contributed by atoms with van der Waals surface area (Å²) in [5.41, 5.74) is 0.101. The van der Waals surface area contributed by atoms with Crippen molar-refractivity contribution < 1.29 is 27.5 Å². The molecule has 0 saturated heterocycles. The number of halogens is 3. The Balaban J connectivity index is 1.43. The van der Waals surface area contributed by atoms with E-state index in [0.717, 1.165) is 12.7 Å². The molecule has 1 aliphatic carbocycles. The lowest BCUT2D eigenvalue weighted by atomic mass is 9.68. The first-order chi connectivity index (χ1) is 13.8. The van der Waals surface area contributed by atoms with E-state index in [1.54, 1.807) is 17.0 Å². The number of anilines is 1. The quantitative estimate of drug-likeness (QED) is 0.714. The van der Waals surface area contributed by atoms with Crippen molar-refractivity contribution in [3.63, 3.8) is 0 Å². The van der Waals surface area contributed by atoms with Gasteiger partial charge in [-0.15, -0.1) is 0 Å². The number of alkyl halides is 3. The second-order valence-corrected chi connectivity index (χ2v) is 7.59. The lowest BCUT2D eigenvalue weighted by Gasteiger charge is -2.47. The Morgan fingerprint density at radius 1 is 1.24 bits per heavy atom. The molecule has 1 aliphatic heterocycles. The van der Waals surface area contributed by atoms with Gasteiger partial charge in [-0.2, -0.15) is 18.3 Å². The van der Waals surface area contributed by atoms with Crippen LogP contribution in [0.15, 0.2) is 30.5 Å². The van der Waals surface area contributed by atoms with Gasteiger partial charge in [-0.3, -0.25) is 14.3 Å². The normalized spacial score (nSPS) is 24.2. The van der Waals surface area contributed by atoms with Crippen molar-refractivity contribution in [3.8, 4) is 0 Å². The Labute approximate surface area is 165 Å². The molecule has 0 bridgehead atoms. The van der Waals surface area contributed by atoms with Gasteiger partial charge in [0.05, 0.1) is 18.3 Å². The molecule has 6 nitrogen and oxygen atoms in total. The lowest BCUT2D eigenvalue weighted by Crippen LogP contribution is -2.57. The minimum absolute atomic E-state index is 0.0438. The molecule has 1 amide bonds. The minimum atomic E-state index is -4.36. The zero-order valence-corrected chi connectivity index (χ0v) is 15.8. The molecule has 9 heteroatoms. The van der Waals surface area contributed by atoms with Crippen LogP contribution in [-0.2, 0) is 17.7 Å². The molecule has 1 aromatic carbocycles. The summed E-state index contributed by atoms with van der Waals surface area (Å²) in [7, 11) is 1.11. The number of fused-ring (bicyclic) bond motifs is 1. The number of hydrogen-bond acceptors (Lipinski definition) is 4. The number of hydrogen-bond donors (Lipinski definition) is 0. The summed E-state index contributed by atoms with van der Waals surface area (Å²) in [6, 6.07) is 7.22. The Hall–Kier alpha value is -2.68. The maximum atomic E-state index is 13.1. The van der Waals surface area contributed by atoms with Crippen molar-refractivity contribution in [1.29, 1.82) is 0 Å². The second kappa shape index (κ2) is 6.98. The monoisotopic (exact) mass is 407 g/mol. The fraction of sp³-hybridized carbons (Fsp3) is 0.450. The molecule has 1 aromatic heterocycles. The zero-order valence-electron chi connectivity index (χ0n) is 15.8. The number of benzene rings is 1. The van der Waals surface area contributed by atoms with Gasteiger partial charge in [0.1, 0.15) is 5.69 Å². The average Bonchev–Trinajstić information content (AvgIpc) is 3.08. The SMILES string of the molecule is COC1(C(F)(F)F)CC(Cc2ccc(N3CCn4ncc(C=O)c4C3=O)cc2)C1. The number of carbonyl (C=O) groups excluding carboxylic acids is 2. The molecule has 1 fully saturated rings. The van der Waals surface area contributed by atoms with Crippen molar-refractivity contribution in [1.82, 2.24) is 9.78 Å². The molecule has 2 heterocycles. The number of ether oxygens (including phenoxy) is 1. The van der Waals surface area contributed by atoms with Gasteiger partial charge in [0.15, 0.2) is 11.9 Å². The molecule has 0 N–H and O–H groups in total. The van der Waals surface area contributed by atoms with Gasteiger partial charge in [0.25, 0.3) is 5.91 Å². The average molecular weight is 407 g/mol. The molecular formula is C20H20F3N3O3. The van der Waals surface area contributed by atoms with Crippen LogP contribution in [0.5, 0.6) is 0 Å². The highest BCUT2D eigenvalue weighted by molar-refractivity contribution is 6.09. The van der Waals surface area contributed by atoms with E-state index in [4.69, 9.17) is 4.74 Å². The van der Waals surface area contributed by atoms with Crippen LogP contribution in [0.1, 0.15) is 39.3 Å². The summed E-state index contributed by atoms with van der Waals surface area (Å²) < 4.78 is 45.6. The van der Waals surface area contributed by atoms with Gasteiger partial charge in [-0.25, -0.2) is 0 Å². The number of nitrogens with zero attached hydrogens (tertiary/aromatic N) is 3. The third-order valence-electron chi connectivity index (χ3n) is 5.89. The number of aldehydes is 1. The molecule has 0 unspecified atom stereocenters. The van der Waals surface area contributed by atoms with Gasteiger partial charge < -0.3 is 9.64 Å². The topological polar surface area (TPSA) is 64.4 Å². The maximum absolute atomic E-state index is 13.1. The van der Waals surface area contributed by atoms with Crippen LogP contribution in [0.2, 0.25) is 0 Å². The largest absolute Gasteiger partial charge is 0.417 e. The standard InChI is InChI=1S/C20H20F3N3O3/c1-29-19(20(21,22)23)9-14(10-19)8-13-2-4-16(5-3-13)25-6-7-26-17(18(25)28)15(12-27)11-24-26/h2-5,11-12,14H,6-10H2,1H3. The Morgan fingerprint density at radius 3 is 2.52 bits per heavy atom. The third kappa shape index (κ3) is 3.23. The summed E-state index contributed by atoms with van der Waals surface area (Å²) >= 11 is 0. The van der Waals surface area contributed by atoms with E-state index in [1.807, 2.05) is 12.1 Å². The summed E-state index contributed by atoms with van der Waals surface area (Å²) in [6.07, 6.45) is -1.92. The van der Waals surface area contributed by atoms with E-state index < -0.39 is 11.8 Å². The highest BCUT2D eigenvalue weighted by Crippen LogP contribution is 2.51. The van der Waals surface area contributed by atoms with Crippen LogP contribution in [0.3, 0.4) is 0 Å².